The number of thiophene rings is 2. The maximum absolute atomic E-state index is 11.5. The second-order valence-electron chi connectivity index (χ2n) is 3.38. The van der Waals surface area contributed by atoms with Crippen molar-refractivity contribution < 1.29 is 9.53 Å². The summed E-state index contributed by atoms with van der Waals surface area (Å²) < 4.78 is 5.18. The van der Waals surface area contributed by atoms with Gasteiger partial charge in [-0.15, -0.1) is 22.7 Å². The molecule has 0 aliphatic heterocycles. The Kier molecular flexibility index (Phi) is 3.74. The van der Waals surface area contributed by atoms with Gasteiger partial charge in [0.2, 0.25) is 0 Å². The molecule has 0 atom stereocenters. The number of aryl methyl sites for hydroxylation is 1. The molecule has 0 aliphatic carbocycles. The lowest BCUT2D eigenvalue weighted by molar-refractivity contribution is 0.0516. The van der Waals surface area contributed by atoms with Crippen molar-refractivity contribution in [3.63, 3.8) is 0 Å². The summed E-state index contributed by atoms with van der Waals surface area (Å²) >= 11 is 3.16. The summed E-state index contributed by atoms with van der Waals surface area (Å²) in [4.78, 5) is 14.7. The third-order valence-electron chi connectivity index (χ3n) is 2.10. The fourth-order valence-electron chi connectivity index (χ4n) is 1.33. The predicted molar refractivity (Wildman–Crippen MR) is 67.4 cm³/mol. The zero-order chi connectivity index (χ0) is 11.4. The summed E-state index contributed by atoms with van der Waals surface area (Å²) in [5.74, 6) is -0.219. The molecular formula is C12H12O2S2. The molecule has 2 aromatic rings. The molecule has 2 aromatic heterocycles. The number of hydrogen-bond acceptors (Lipinski definition) is 4. The van der Waals surface area contributed by atoms with Crippen molar-refractivity contribution in [1.29, 1.82) is 0 Å². The number of carbonyl (C=O) groups excluding carboxylic acids is 1. The van der Waals surface area contributed by atoms with Crippen molar-refractivity contribution in [3.8, 4) is 0 Å². The minimum absolute atomic E-state index is 0.219. The molecule has 2 heterocycles. The number of carbonyl (C=O) groups is 1. The lowest BCUT2D eigenvalue weighted by Gasteiger charge is -2.01. The van der Waals surface area contributed by atoms with E-state index in [4.69, 9.17) is 4.74 Å². The fraction of sp³-hybridized carbons (Fsp3) is 0.250. The first kappa shape index (κ1) is 11.4. The molecule has 2 nitrogen and oxygen atoms in total. The lowest BCUT2D eigenvalue weighted by atomic mass is 10.3. The van der Waals surface area contributed by atoms with Crippen LogP contribution in [0.5, 0.6) is 0 Å². The van der Waals surface area contributed by atoms with Gasteiger partial charge in [-0.05, 0) is 30.5 Å². The number of rotatable bonds is 4. The third kappa shape index (κ3) is 2.93. The molecule has 16 heavy (non-hydrogen) atoms. The molecule has 0 spiro atoms. The highest BCUT2D eigenvalue weighted by atomic mass is 32.1. The van der Waals surface area contributed by atoms with E-state index >= 15 is 0 Å². The van der Waals surface area contributed by atoms with Gasteiger partial charge in [0.25, 0.3) is 0 Å². The van der Waals surface area contributed by atoms with Crippen molar-refractivity contribution in [3.05, 3.63) is 44.3 Å². The molecule has 4 heteroatoms. The second kappa shape index (κ2) is 5.27. The largest absolute Gasteiger partial charge is 0.461 e. The molecule has 0 aliphatic rings. The van der Waals surface area contributed by atoms with E-state index in [0.29, 0.717) is 11.5 Å². The summed E-state index contributed by atoms with van der Waals surface area (Å²) in [5.41, 5.74) is 0. The molecule has 0 radical (unpaired) electrons. The Bertz CT molecular complexity index is 457. The Morgan fingerprint density at radius 1 is 1.38 bits per heavy atom. The molecule has 0 saturated heterocycles. The monoisotopic (exact) mass is 252 g/mol. The van der Waals surface area contributed by atoms with Crippen LogP contribution in [0.4, 0.5) is 0 Å². The first-order valence-corrected chi connectivity index (χ1v) is 6.71. The fourth-order valence-corrected chi connectivity index (χ4v) is 2.82. The van der Waals surface area contributed by atoms with Gasteiger partial charge < -0.3 is 4.74 Å². The zero-order valence-electron chi connectivity index (χ0n) is 8.93. The average molecular weight is 252 g/mol. The summed E-state index contributed by atoms with van der Waals surface area (Å²) in [6, 6.07) is 7.80. The molecule has 0 saturated carbocycles. The molecule has 84 valence electrons. The minimum Gasteiger partial charge on any atom is -0.461 e. The van der Waals surface area contributed by atoms with Crippen LogP contribution in [0.1, 0.15) is 19.4 Å². The van der Waals surface area contributed by atoms with Gasteiger partial charge in [0.1, 0.15) is 4.88 Å². The molecule has 0 fully saturated rings. The molecule has 2 rings (SSSR count). The van der Waals surface area contributed by atoms with Crippen LogP contribution in [0.25, 0.3) is 0 Å². The van der Waals surface area contributed by atoms with Gasteiger partial charge in [-0.1, -0.05) is 6.07 Å². The Balaban J connectivity index is 1.78. The van der Waals surface area contributed by atoms with E-state index in [1.807, 2.05) is 11.4 Å². The maximum Gasteiger partial charge on any atom is 0.348 e. The van der Waals surface area contributed by atoms with Crippen LogP contribution in [-0.2, 0) is 11.2 Å². The summed E-state index contributed by atoms with van der Waals surface area (Å²) in [5, 5.41) is 1.87. The van der Waals surface area contributed by atoms with E-state index in [-0.39, 0.29) is 5.97 Å². The summed E-state index contributed by atoms with van der Waals surface area (Å²) in [7, 11) is 0. The maximum atomic E-state index is 11.5. The van der Waals surface area contributed by atoms with Gasteiger partial charge in [0.15, 0.2) is 0 Å². The van der Waals surface area contributed by atoms with Crippen molar-refractivity contribution in [2.24, 2.45) is 0 Å². The molecule has 0 bridgehead atoms. The van der Waals surface area contributed by atoms with Crippen LogP contribution < -0.4 is 0 Å². The topological polar surface area (TPSA) is 26.3 Å². The van der Waals surface area contributed by atoms with Crippen molar-refractivity contribution in [1.82, 2.24) is 0 Å². The summed E-state index contributed by atoms with van der Waals surface area (Å²) in [6.07, 6.45) is 0.801. The van der Waals surface area contributed by atoms with Gasteiger partial charge in [-0.2, -0.15) is 0 Å². The number of esters is 1. The highest BCUT2D eigenvalue weighted by molar-refractivity contribution is 7.12. The molecule has 0 unspecified atom stereocenters. The zero-order valence-corrected chi connectivity index (χ0v) is 10.6. The lowest BCUT2D eigenvalue weighted by Crippen LogP contribution is -2.05. The molecular weight excluding hydrogens is 240 g/mol. The van der Waals surface area contributed by atoms with Crippen LogP contribution in [0.15, 0.2) is 29.6 Å². The normalized spacial score (nSPS) is 10.3. The first-order chi connectivity index (χ1) is 7.75. The third-order valence-corrected chi connectivity index (χ3v) is 4.01. The minimum atomic E-state index is -0.219. The highest BCUT2D eigenvalue weighted by Gasteiger charge is 2.07. The highest BCUT2D eigenvalue weighted by Crippen LogP contribution is 2.16. The van der Waals surface area contributed by atoms with Gasteiger partial charge in [-0.25, -0.2) is 4.79 Å². The Labute approximate surface area is 103 Å². The van der Waals surface area contributed by atoms with Gasteiger partial charge in [0.05, 0.1) is 6.61 Å². The Morgan fingerprint density at radius 2 is 2.25 bits per heavy atom. The standard InChI is InChI=1S/C12H12O2S2/c1-9-4-5-10(16-9)6-7-14-12(13)11-3-2-8-15-11/h2-5,8H,6-7H2,1H3. The van der Waals surface area contributed by atoms with Crippen LogP contribution >= 0.6 is 22.7 Å². The van der Waals surface area contributed by atoms with E-state index in [1.54, 1.807) is 17.4 Å². The van der Waals surface area contributed by atoms with Crippen molar-refractivity contribution >= 4 is 28.6 Å². The van der Waals surface area contributed by atoms with Crippen LogP contribution in [0.2, 0.25) is 0 Å². The van der Waals surface area contributed by atoms with E-state index < -0.39 is 0 Å². The van der Waals surface area contributed by atoms with Crippen molar-refractivity contribution in [2.75, 3.05) is 6.61 Å². The van der Waals surface area contributed by atoms with E-state index in [2.05, 4.69) is 19.1 Å². The molecule has 0 aromatic carbocycles. The van der Waals surface area contributed by atoms with Gasteiger partial charge >= 0.3 is 5.97 Å². The Hall–Kier alpha value is -1.13. The van der Waals surface area contributed by atoms with E-state index in [0.717, 1.165) is 6.42 Å². The molecule has 0 amide bonds. The van der Waals surface area contributed by atoms with Crippen LogP contribution in [-0.4, -0.2) is 12.6 Å². The quantitative estimate of drug-likeness (QED) is 0.778. The van der Waals surface area contributed by atoms with E-state index in [9.17, 15) is 4.79 Å². The Morgan fingerprint density at radius 3 is 2.88 bits per heavy atom. The van der Waals surface area contributed by atoms with Crippen molar-refractivity contribution in [2.45, 2.75) is 13.3 Å². The smallest absolute Gasteiger partial charge is 0.348 e. The molecule has 0 N–H and O–H groups in total. The predicted octanol–water partition coefficient (Wildman–Crippen LogP) is 3.52. The van der Waals surface area contributed by atoms with Crippen LogP contribution in [0, 0.1) is 6.92 Å². The van der Waals surface area contributed by atoms with E-state index in [1.165, 1.54) is 21.1 Å². The number of ether oxygens (including phenoxy) is 1. The summed E-state index contributed by atoms with van der Waals surface area (Å²) in [6.45, 7) is 2.53. The second-order valence-corrected chi connectivity index (χ2v) is 5.70. The van der Waals surface area contributed by atoms with Gasteiger partial charge in [-0.3, -0.25) is 0 Å². The number of hydrogen-bond donors (Lipinski definition) is 0. The SMILES string of the molecule is Cc1ccc(CCOC(=O)c2cccs2)s1. The first-order valence-electron chi connectivity index (χ1n) is 5.01. The van der Waals surface area contributed by atoms with Gasteiger partial charge in [0, 0.05) is 16.2 Å². The van der Waals surface area contributed by atoms with Crippen LogP contribution in [0.3, 0.4) is 0 Å². The average Bonchev–Trinajstić information content (AvgIpc) is 2.89.